The molecule has 0 aromatic rings. The molecule has 1 rings (SSSR count). The summed E-state index contributed by atoms with van der Waals surface area (Å²) in [6, 6.07) is 0.522. The molecule has 0 amide bonds. The van der Waals surface area contributed by atoms with Crippen LogP contribution in [0.15, 0.2) is 0 Å². The minimum atomic E-state index is 0.162. The van der Waals surface area contributed by atoms with Crippen molar-refractivity contribution in [1.82, 2.24) is 9.80 Å². The van der Waals surface area contributed by atoms with Gasteiger partial charge in [0, 0.05) is 0 Å². The van der Waals surface area contributed by atoms with Crippen LogP contribution in [0.5, 0.6) is 0 Å². The summed E-state index contributed by atoms with van der Waals surface area (Å²) in [5.41, 5.74) is 0.162. The molecule has 0 aromatic carbocycles. The SMILES string of the molecule is CC(C)N1CCN(C(C)(C)C)[C]1=[Cu]. The zero-order valence-electron chi connectivity index (χ0n) is 9.19. The Bertz CT molecular complexity index is 205. The fraction of sp³-hybridized carbons (Fsp3) is 0.900. The molecule has 1 fully saturated rings. The molecule has 2 nitrogen and oxygen atoms in total. The van der Waals surface area contributed by atoms with Crippen LogP contribution < -0.4 is 0 Å². The Morgan fingerprint density at radius 1 is 1.23 bits per heavy atom. The second-order valence-corrected chi connectivity index (χ2v) is 5.27. The van der Waals surface area contributed by atoms with Gasteiger partial charge in [-0.3, -0.25) is 0 Å². The fourth-order valence-electron chi connectivity index (χ4n) is 1.57. The van der Waals surface area contributed by atoms with Gasteiger partial charge < -0.3 is 0 Å². The van der Waals surface area contributed by atoms with E-state index in [0.29, 0.717) is 6.04 Å². The number of hydrogen-bond acceptors (Lipinski definition) is 2. The van der Waals surface area contributed by atoms with Crippen molar-refractivity contribution in [2.75, 3.05) is 13.1 Å². The molecule has 0 bridgehead atoms. The van der Waals surface area contributed by atoms with Gasteiger partial charge in [0.1, 0.15) is 0 Å². The second kappa shape index (κ2) is 3.82. The Morgan fingerprint density at radius 2 is 1.77 bits per heavy atom. The van der Waals surface area contributed by atoms with Crippen LogP contribution in [0.3, 0.4) is 0 Å². The van der Waals surface area contributed by atoms with Crippen molar-refractivity contribution in [2.24, 2.45) is 0 Å². The van der Waals surface area contributed by atoms with Crippen LogP contribution in [0.25, 0.3) is 0 Å². The van der Waals surface area contributed by atoms with Crippen molar-refractivity contribution in [1.29, 1.82) is 0 Å². The Hall–Kier alpha value is 0.309. The molecule has 0 spiro atoms. The van der Waals surface area contributed by atoms with E-state index in [9.17, 15) is 0 Å². The van der Waals surface area contributed by atoms with E-state index in [-0.39, 0.29) is 5.54 Å². The van der Waals surface area contributed by atoms with Crippen molar-refractivity contribution in [2.45, 2.75) is 46.2 Å². The molecular weight excluding hydrogens is 212 g/mol. The molecule has 0 atom stereocenters. The number of hydrogen-bond donors (Lipinski definition) is 0. The summed E-state index contributed by atoms with van der Waals surface area (Å²) in [4.78, 5) is 4.58. The first-order valence-electron chi connectivity index (χ1n) is 4.87. The van der Waals surface area contributed by atoms with Crippen LogP contribution in [0, 0.1) is 0 Å². The first kappa shape index (κ1) is 11.4. The minimum absolute atomic E-state index is 0.162. The third-order valence-corrected chi connectivity index (χ3v) is 2.94. The molecule has 1 aliphatic heterocycles. The standard InChI is InChI=1S/C10H20N2.Cu/c1-9(2)11-6-7-12(8-11)10(3,4)5;/h9H,6-7H2,1-5H3;. The van der Waals surface area contributed by atoms with Crippen molar-refractivity contribution >= 4 is 4.67 Å². The summed E-state index contributed by atoms with van der Waals surface area (Å²) >= 11 is 5.60. The number of nitrogens with zero attached hydrogens (tertiary/aromatic N) is 2. The molecule has 0 aromatic heterocycles. The van der Waals surface area contributed by atoms with E-state index in [4.69, 9.17) is 15.6 Å². The summed E-state index contributed by atoms with van der Waals surface area (Å²) in [5, 5.41) is 0. The molecule has 0 saturated carbocycles. The molecular formula is C10H20CuN2. The number of rotatable bonds is 1. The van der Waals surface area contributed by atoms with Gasteiger partial charge >= 0.3 is 89.3 Å². The van der Waals surface area contributed by atoms with Crippen LogP contribution in [-0.4, -0.2) is 39.1 Å². The zero-order valence-corrected chi connectivity index (χ0v) is 10.1. The van der Waals surface area contributed by atoms with Gasteiger partial charge in [0.05, 0.1) is 0 Å². The molecule has 1 aliphatic rings. The summed E-state index contributed by atoms with van der Waals surface area (Å²) in [6.07, 6.45) is 0. The first-order valence-corrected chi connectivity index (χ1v) is 5.34. The quantitative estimate of drug-likeness (QED) is 0.631. The molecule has 0 unspecified atom stereocenters. The average Bonchev–Trinajstić information content (AvgIpc) is 2.28. The molecule has 13 heavy (non-hydrogen) atoms. The predicted molar refractivity (Wildman–Crippen MR) is 53.3 cm³/mol. The molecule has 3 heteroatoms. The van der Waals surface area contributed by atoms with Crippen molar-refractivity contribution < 1.29 is 15.6 Å². The Morgan fingerprint density at radius 3 is 2.00 bits per heavy atom. The summed E-state index contributed by atoms with van der Waals surface area (Å²) < 4.78 is 0.995. The van der Waals surface area contributed by atoms with E-state index in [1.807, 2.05) is 0 Å². The third kappa shape index (κ3) is 2.41. The van der Waals surface area contributed by atoms with Crippen molar-refractivity contribution in [3.63, 3.8) is 0 Å². The summed E-state index contributed by atoms with van der Waals surface area (Å²) in [5.74, 6) is 0. The Balaban J connectivity index is 2.72. The van der Waals surface area contributed by atoms with Gasteiger partial charge in [0.25, 0.3) is 0 Å². The maximum atomic E-state index is 5.60. The van der Waals surface area contributed by atoms with Gasteiger partial charge in [-0.2, -0.15) is 0 Å². The normalized spacial score (nSPS) is 22.0. The maximum absolute atomic E-state index is 5.60. The van der Waals surface area contributed by atoms with Crippen molar-refractivity contribution in [3.05, 3.63) is 0 Å². The zero-order chi connectivity index (χ0) is 10.2. The second-order valence-electron chi connectivity index (χ2n) is 4.84. The van der Waals surface area contributed by atoms with E-state index in [0.717, 1.165) is 17.8 Å². The Kier molecular flexibility index (Phi) is 3.34. The molecule has 0 radical (unpaired) electrons. The van der Waals surface area contributed by atoms with Crippen molar-refractivity contribution in [3.8, 4) is 0 Å². The van der Waals surface area contributed by atoms with Gasteiger partial charge in [-0.15, -0.1) is 0 Å². The monoisotopic (exact) mass is 231 g/mol. The van der Waals surface area contributed by atoms with E-state index < -0.39 is 0 Å². The summed E-state index contributed by atoms with van der Waals surface area (Å²) in [6.45, 7) is 13.1. The van der Waals surface area contributed by atoms with Crippen LogP contribution in [0.2, 0.25) is 0 Å². The van der Waals surface area contributed by atoms with E-state index in [1.54, 1.807) is 0 Å². The molecule has 0 N–H and O–H groups in total. The van der Waals surface area contributed by atoms with Crippen LogP contribution in [0.4, 0.5) is 0 Å². The van der Waals surface area contributed by atoms with Gasteiger partial charge in [0.15, 0.2) is 0 Å². The van der Waals surface area contributed by atoms with Crippen LogP contribution in [-0.2, 0) is 15.6 Å². The molecule has 81 valence electrons. The summed E-state index contributed by atoms with van der Waals surface area (Å²) in [7, 11) is 0. The van der Waals surface area contributed by atoms with E-state index in [1.165, 1.54) is 0 Å². The average molecular weight is 232 g/mol. The topological polar surface area (TPSA) is 6.48 Å². The fourth-order valence-corrected chi connectivity index (χ4v) is 2.34. The molecule has 1 saturated heterocycles. The third-order valence-electron chi connectivity index (χ3n) is 2.41. The van der Waals surface area contributed by atoms with Crippen LogP contribution in [0.1, 0.15) is 34.6 Å². The Labute approximate surface area is 89.6 Å². The van der Waals surface area contributed by atoms with E-state index in [2.05, 4.69) is 44.4 Å². The van der Waals surface area contributed by atoms with Gasteiger partial charge in [-0.05, 0) is 0 Å². The predicted octanol–water partition coefficient (Wildman–Crippen LogP) is 1.45. The van der Waals surface area contributed by atoms with Gasteiger partial charge in [-0.25, -0.2) is 0 Å². The van der Waals surface area contributed by atoms with Gasteiger partial charge in [0.2, 0.25) is 0 Å². The molecule has 0 aliphatic carbocycles. The van der Waals surface area contributed by atoms with E-state index >= 15 is 0 Å². The molecule has 1 heterocycles. The first-order chi connectivity index (χ1) is 5.84. The van der Waals surface area contributed by atoms with Crippen LogP contribution >= 0.6 is 0 Å². The van der Waals surface area contributed by atoms with Gasteiger partial charge in [-0.1, -0.05) is 0 Å².